The Bertz CT molecular complexity index is 352. The molecule has 4 heteroatoms. The van der Waals surface area contributed by atoms with E-state index in [2.05, 4.69) is 42.6 Å². The lowest BCUT2D eigenvalue weighted by Gasteiger charge is -2.37. The van der Waals surface area contributed by atoms with Gasteiger partial charge in [-0.25, -0.2) is 0 Å². The zero-order valence-electron chi connectivity index (χ0n) is 15.1. The number of hydrogen-bond acceptors (Lipinski definition) is 3. The first-order valence-electron chi connectivity index (χ1n) is 9.15. The number of rotatable bonds is 7. The van der Waals surface area contributed by atoms with E-state index in [-0.39, 0.29) is 0 Å². The first kappa shape index (κ1) is 17.7. The van der Waals surface area contributed by atoms with E-state index in [0.29, 0.717) is 17.9 Å². The Balaban J connectivity index is 1.70. The van der Waals surface area contributed by atoms with Crippen LogP contribution in [0.5, 0.6) is 0 Å². The van der Waals surface area contributed by atoms with Crippen molar-refractivity contribution in [2.75, 3.05) is 40.3 Å². The number of carbonyl (C=O) groups excluding carboxylic acids is 1. The zero-order valence-corrected chi connectivity index (χ0v) is 15.1. The quantitative estimate of drug-likeness (QED) is 0.723. The average Bonchev–Trinajstić information content (AvgIpc) is 3.01. The van der Waals surface area contributed by atoms with Crippen LogP contribution in [0.15, 0.2) is 0 Å². The molecule has 2 rings (SSSR count). The Hall–Kier alpha value is -0.610. The second kappa shape index (κ2) is 8.30. The topological polar surface area (TPSA) is 26.8 Å². The highest BCUT2D eigenvalue weighted by Crippen LogP contribution is 2.23. The molecule has 0 aromatic heterocycles. The van der Waals surface area contributed by atoms with Crippen molar-refractivity contribution in [2.45, 2.75) is 64.5 Å². The molecule has 0 aromatic carbocycles. The van der Waals surface area contributed by atoms with Crippen molar-refractivity contribution in [3.63, 3.8) is 0 Å². The fourth-order valence-corrected chi connectivity index (χ4v) is 3.98. The highest BCUT2D eigenvalue weighted by atomic mass is 16.2. The van der Waals surface area contributed by atoms with Gasteiger partial charge in [-0.1, -0.05) is 12.8 Å². The van der Waals surface area contributed by atoms with Gasteiger partial charge in [0.25, 0.3) is 0 Å². The zero-order chi connectivity index (χ0) is 16.1. The molecule has 1 atom stereocenters. The molecule has 0 spiro atoms. The maximum atomic E-state index is 11.9. The molecule has 0 aromatic rings. The molecule has 1 heterocycles. The fourth-order valence-electron chi connectivity index (χ4n) is 3.98. The summed E-state index contributed by atoms with van der Waals surface area (Å²) < 4.78 is 0. The van der Waals surface area contributed by atoms with E-state index >= 15 is 0 Å². The van der Waals surface area contributed by atoms with Gasteiger partial charge in [0.1, 0.15) is 0 Å². The van der Waals surface area contributed by atoms with Gasteiger partial charge in [-0.2, -0.15) is 0 Å². The van der Waals surface area contributed by atoms with Gasteiger partial charge >= 0.3 is 0 Å². The first-order valence-corrected chi connectivity index (χ1v) is 9.15. The minimum absolute atomic E-state index is 0.342. The summed E-state index contributed by atoms with van der Waals surface area (Å²) in [6.45, 7) is 8.62. The molecule has 128 valence electrons. The normalized spacial score (nSPS) is 24.2. The number of likely N-dealkylation sites (tertiary alicyclic amines) is 1. The van der Waals surface area contributed by atoms with Gasteiger partial charge in [0.05, 0.1) is 0 Å². The molecule has 1 saturated carbocycles. The van der Waals surface area contributed by atoms with E-state index in [1.54, 1.807) is 0 Å². The standard InChI is InChI=1S/C18H35N3O/c1-15(2)21-14-16(9-10-18(21)22)13-19(3)11-12-20(4)17-7-5-6-8-17/h15-17H,5-14H2,1-4H3. The third-order valence-corrected chi connectivity index (χ3v) is 5.52. The van der Waals surface area contributed by atoms with Crippen LogP contribution in [0.3, 0.4) is 0 Å². The molecule has 1 saturated heterocycles. The smallest absolute Gasteiger partial charge is 0.222 e. The van der Waals surface area contributed by atoms with Crippen LogP contribution in [0.4, 0.5) is 0 Å². The molecule has 4 nitrogen and oxygen atoms in total. The highest BCUT2D eigenvalue weighted by Gasteiger charge is 2.28. The molecule has 2 aliphatic rings. The van der Waals surface area contributed by atoms with Crippen molar-refractivity contribution < 1.29 is 4.79 Å². The van der Waals surface area contributed by atoms with Crippen LogP contribution in [0.2, 0.25) is 0 Å². The van der Waals surface area contributed by atoms with E-state index < -0.39 is 0 Å². The second-order valence-electron chi connectivity index (χ2n) is 7.73. The lowest BCUT2D eigenvalue weighted by molar-refractivity contribution is -0.136. The Morgan fingerprint density at radius 3 is 2.45 bits per heavy atom. The Morgan fingerprint density at radius 2 is 1.82 bits per heavy atom. The molecule has 0 N–H and O–H groups in total. The molecular formula is C18H35N3O. The van der Waals surface area contributed by atoms with Gasteiger partial charge in [-0.15, -0.1) is 0 Å². The monoisotopic (exact) mass is 309 g/mol. The van der Waals surface area contributed by atoms with Crippen LogP contribution >= 0.6 is 0 Å². The van der Waals surface area contributed by atoms with Gasteiger partial charge < -0.3 is 14.7 Å². The first-order chi connectivity index (χ1) is 10.5. The number of amides is 1. The molecule has 1 amide bonds. The number of carbonyl (C=O) groups is 1. The predicted octanol–water partition coefficient (Wildman–Crippen LogP) is 2.44. The summed E-state index contributed by atoms with van der Waals surface area (Å²) in [7, 11) is 4.52. The minimum atomic E-state index is 0.342. The summed E-state index contributed by atoms with van der Waals surface area (Å²) in [6.07, 6.45) is 7.38. The van der Waals surface area contributed by atoms with Crippen molar-refractivity contribution in [1.82, 2.24) is 14.7 Å². The minimum Gasteiger partial charge on any atom is -0.340 e. The molecule has 1 unspecified atom stereocenters. The van der Waals surface area contributed by atoms with Crippen LogP contribution in [0.1, 0.15) is 52.4 Å². The average molecular weight is 309 g/mol. The molecule has 22 heavy (non-hydrogen) atoms. The van der Waals surface area contributed by atoms with Gasteiger partial charge in [-0.05, 0) is 53.1 Å². The van der Waals surface area contributed by atoms with E-state index in [0.717, 1.165) is 38.5 Å². The van der Waals surface area contributed by atoms with Crippen LogP contribution in [0, 0.1) is 5.92 Å². The Kier molecular flexibility index (Phi) is 6.69. The van der Waals surface area contributed by atoms with Crippen LogP contribution < -0.4 is 0 Å². The third-order valence-electron chi connectivity index (χ3n) is 5.52. The molecule has 1 aliphatic carbocycles. The fraction of sp³-hybridized carbons (Fsp3) is 0.944. The third kappa shape index (κ3) is 4.95. The SMILES string of the molecule is CC(C)N1CC(CN(C)CCN(C)C2CCCC2)CCC1=O. The van der Waals surface area contributed by atoms with Crippen molar-refractivity contribution in [2.24, 2.45) is 5.92 Å². The van der Waals surface area contributed by atoms with Crippen LogP contribution in [-0.2, 0) is 4.79 Å². The lowest BCUT2D eigenvalue weighted by atomic mass is 9.96. The van der Waals surface area contributed by atoms with Crippen LogP contribution in [-0.4, -0.2) is 73.0 Å². The van der Waals surface area contributed by atoms with Gasteiger partial charge in [0.15, 0.2) is 0 Å². The van der Waals surface area contributed by atoms with Gasteiger partial charge in [-0.3, -0.25) is 4.79 Å². The summed E-state index contributed by atoms with van der Waals surface area (Å²) in [5, 5.41) is 0. The molecular weight excluding hydrogens is 274 g/mol. The number of nitrogens with zero attached hydrogens (tertiary/aromatic N) is 3. The van der Waals surface area contributed by atoms with Crippen LogP contribution in [0.25, 0.3) is 0 Å². The predicted molar refractivity (Wildman–Crippen MR) is 92.0 cm³/mol. The summed E-state index contributed by atoms with van der Waals surface area (Å²) in [6, 6.07) is 1.16. The number of hydrogen-bond donors (Lipinski definition) is 0. The second-order valence-corrected chi connectivity index (χ2v) is 7.73. The lowest BCUT2D eigenvalue weighted by Crippen LogP contribution is -2.47. The Morgan fingerprint density at radius 1 is 1.14 bits per heavy atom. The van der Waals surface area contributed by atoms with Gasteiger partial charge in [0.2, 0.25) is 5.91 Å². The maximum Gasteiger partial charge on any atom is 0.222 e. The van der Waals surface area contributed by atoms with Gasteiger partial charge in [0, 0.05) is 44.7 Å². The van der Waals surface area contributed by atoms with E-state index in [1.165, 1.54) is 32.2 Å². The van der Waals surface area contributed by atoms with E-state index in [1.807, 2.05) is 0 Å². The number of piperidine rings is 1. The molecule has 2 fully saturated rings. The Labute approximate surface area is 136 Å². The van der Waals surface area contributed by atoms with Crippen molar-refractivity contribution in [1.29, 1.82) is 0 Å². The van der Waals surface area contributed by atoms with Crippen molar-refractivity contribution >= 4 is 5.91 Å². The number of likely N-dealkylation sites (N-methyl/N-ethyl adjacent to an activating group) is 2. The maximum absolute atomic E-state index is 11.9. The largest absolute Gasteiger partial charge is 0.340 e. The summed E-state index contributed by atoms with van der Waals surface area (Å²) in [5.41, 5.74) is 0. The summed E-state index contributed by atoms with van der Waals surface area (Å²) in [4.78, 5) is 19.0. The summed E-state index contributed by atoms with van der Waals surface area (Å²) >= 11 is 0. The van der Waals surface area contributed by atoms with Crippen molar-refractivity contribution in [3.05, 3.63) is 0 Å². The molecule has 1 aliphatic heterocycles. The molecule has 0 bridgehead atoms. The molecule has 0 radical (unpaired) electrons. The highest BCUT2D eigenvalue weighted by molar-refractivity contribution is 5.77. The van der Waals surface area contributed by atoms with E-state index in [4.69, 9.17) is 0 Å². The van der Waals surface area contributed by atoms with Crippen molar-refractivity contribution in [3.8, 4) is 0 Å². The van der Waals surface area contributed by atoms with E-state index in [9.17, 15) is 4.79 Å². The summed E-state index contributed by atoms with van der Waals surface area (Å²) in [5.74, 6) is 0.983.